The Morgan fingerprint density at radius 3 is 2.74 bits per heavy atom. The predicted molar refractivity (Wildman–Crippen MR) is 93.7 cm³/mol. The number of anilines is 1. The summed E-state index contributed by atoms with van der Waals surface area (Å²) < 4.78 is 0. The van der Waals surface area contributed by atoms with Crippen LogP contribution in [0.15, 0.2) is 36.7 Å². The first-order valence-electron chi connectivity index (χ1n) is 7.56. The van der Waals surface area contributed by atoms with E-state index in [1.807, 2.05) is 30.3 Å². The number of H-pyrrole nitrogens is 1. The van der Waals surface area contributed by atoms with Crippen LogP contribution < -0.4 is 5.32 Å². The van der Waals surface area contributed by atoms with E-state index in [1.165, 1.54) is 6.33 Å². The highest BCUT2D eigenvalue weighted by Gasteiger charge is 2.16. The molecule has 0 spiro atoms. The van der Waals surface area contributed by atoms with Crippen molar-refractivity contribution in [3.8, 4) is 11.3 Å². The molecule has 0 saturated carbocycles. The maximum atomic E-state index is 9.52. The number of aliphatic hydroxyl groups excluding tert-OH is 1. The van der Waals surface area contributed by atoms with Crippen LogP contribution in [0.3, 0.4) is 0 Å². The van der Waals surface area contributed by atoms with Gasteiger partial charge >= 0.3 is 0 Å². The Labute approximate surface area is 139 Å². The number of hydrogen-bond donors (Lipinski definition) is 3. The summed E-state index contributed by atoms with van der Waals surface area (Å²) in [5.74, 6) is 0.990. The normalized spacial score (nSPS) is 12.7. The Kier molecular flexibility index (Phi) is 4.50. The van der Waals surface area contributed by atoms with Gasteiger partial charge < -0.3 is 15.4 Å². The molecule has 0 unspecified atom stereocenters. The average molecular weight is 331 g/mol. The lowest BCUT2D eigenvalue weighted by Crippen LogP contribution is -2.29. The molecule has 3 N–H and O–H groups in total. The number of hydrogen-bond acceptors (Lipinski definition) is 4. The first kappa shape index (κ1) is 15.8. The van der Waals surface area contributed by atoms with Crippen LogP contribution >= 0.6 is 11.6 Å². The van der Waals surface area contributed by atoms with Crippen molar-refractivity contribution in [2.75, 3.05) is 11.9 Å². The molecule has 6 heteroatoms. The third kappa shape index (κ3) is 3.16. The van der Waals surface area contributed by atoms with Gasteiger partial charge in [0.15, 0.2) is 0 Å². The summed E-state index contributed by atoms with van der Waals surface area (Å²) in [5, 5.41) is 14.4. The number of aromatic amines is 1. The van der Waals surface area contributed by atoms with Gasteiger partial charge in [-0.15, -0.1) is 0 Å². The predicted octanol–water partition coefficient (Wildman–Crippen LogP) is 3.71. The van der Waals surface area contributed by atoms with E-state index in [0.29, 0.717) is 10.8 Å². The highest BCUT2D eigenvalue weighted by atomic mass is 35.5. The zero-order valence-corrected chi connectivity index (χ0v) is 13.8. The second kappa shape index (κ2) is 6.56. The number of nitrogens with one attached hydrogen (secondary N) is 2. The van der Waals surface area contributed by atoms with Gasteiger partial charge in [0.2, 0.25) is 0 Å². The molecular formula is C17H19ClN4O. The van der Waals surface area contributed by atoms with Crippen LogP contribution in [-0.4, -0.2) is 32.7 Å². The minimum atomic E-state index is -0.0632. The molecule has 0 radical (unpaired) electrons. The van der Waals surface area contributed by atoms with Crippen LogP contribution in [0.4, 0.5) is 5.82 Å². The van der Waals surface area contributed by atoms with Gasteiger partial charge in [0.05, 0.1) is 18.0 Å². The smallest absolute Gasteiger partial charge is 0.143 e. The third-order valence-electron chi connectivity index (χ3n) is 3.91. The zero-order valence-electron chi connectivity index (χ0n) is 13.0. The monoisotopic (exact) mass is 330 g/mol. The lowest BCUT2D eigenvalue weighted by Gasteiger charge is -2.20. The molecule has 120 valence electrons. The minimum absolute atomic E-state index is 0.0466. The van der Waals surface area contributed by atoms with E-state index < -0.39 is 0 Å². The quantitative estimate of drug-likeness (QED) is 0.666. The van der Waals surface area contributed by atoms with Crippen molar-refractivity contribution in [2.24, 2.45) is 5.92 Å². The lowest BCUT2D eigenvalue weighted by atomic mass is 10.1. The molecule has 23 heavy (non-hydrogen) atoms. The van der Waals surface area contributed by atoms with Crippen LogP contribution in [0.5, 0.6) is 0 Å². The van der Waals surface area contributed by atoms with Crippen LogP contribution in [-0.2, 0) is 0 Å². The topological polar surface area (TPSA) is 73.8 Å². The van der Waals surface area contributed by atoms with Crippen molar-refractivity contribution in [2.45, 2.75) is 19.9 Å². The highest BCUT2D eigenvalue weighted by Crippen LogP contribution is 2.31. The van der Waals surface area contributed by atoms with Gasteiger partial charge in [-0.1, -0.05) is 43.6 Å². The van der Waals surface area contributed by atoms with Crippen molar-refractivity contribution in [3.63, 3.8) is 0 Å². The number of aliphatic hydroxyl groups is 1. The van der Waals surface area contributed by atoms with Gasteiger partial charge in [0, 0.05) is 16.3 Å². The summed E-state index contributed by atoms with van der Waals surface area (Å²) in [5.41, 5.74) is 2.54. The Balaban J connectivity index is 2.03. The number of fused-ring (bicyclic) bond motifs is 1. The van der Waals surface area contributed by atoms with Crippen molar-refractivity contribution in [1.82, 2.24) is 15.0 Å². The average Bonchev–Trinajstić information content (AvgIpc) is 2.97. The SMILES string of the molecule is CC(C)[C@H](CO)Nc1ncnc2[nH]c(-c3ccccc3Cl)cc12. The molecule has 3 aromatic rings. The van der Waals surface area contributed by atoms with Crippen LogP contribution in [0.25, 0.3) is 22.3 Å². The van der Waals surface area contributed by atoms with Crippen molar-refractivity contribution in [3.05, 3.63) is 41.7 Å². The summed E-state index contributed by atoms with van der Waals surface area (Å²) in [6.45, 7) is 4.15. The molecule has 0 saturated heterocycles. The molecular weight excluding hydrogens is 312 g/mol. The summed E-state index contributed by atoms with van der Waals surface area (Å²) in [6, 6.07) is 9.57. The molecule has 0 aliphatic rings. The fourth-order valence-corrected chi connectivity index (χ4v) is 2.72. The molecule has 5 nitrogen and oxygen atoms in total. The van der Waals surface area contributed by atoms with E-state index in [0.717, 1.165) is 22.3 Å². The lowest BCUT2D eigenvalue weighted by molar-refractivity contribution is 0.249. The second-order valence-corrected chi connectivity index (χ2v) is 6.23. The molecule has 0 aliphatic carbocycles. The Hall–Kier alpha value is -2.11. The third-order valence-corrected chi connectivity index (χ3v) is 4.24. The maximum Gasteiger partial charge on any atom is 0.143 e. The molecule has 0 amide bonds. The van der Waals surface area contributed by atoms with Gasteiger partial charge in [0.1, 0.15) is 17.8 Å². The molecule has 1 aromatic carbocycles. The molecule has 2 aromatic heterocycles. The maximum absolute atomic E-state index is 9.52. The van der Waals surface area contributed by atoms with E-state index in [1.54, 1.807) is 0 Å². The van der Waals surface area contributed by atoms with Gasteiger partial charge in [-0.25, -0.2) is 9.97 Å². The van der Waals surface area contributed by atoms with E-state index in [-0.39, 0.29) is 18.6 Å². The fraction of sp³-hybridized carbons (Fsp3) is 0.294. The van der Waals surface area contributed by atoms with Crippen molar-refractivity contribution in [1.29, 1.82) is 0 Å². The summed E-state index contributed by atoms with van der Waals surface area (Å²) in [4.78, 5) is 11.9. The van der Waals surface area contributed by atoms with E-state index in [4.69, 9.17) is 11.6 Å². The minimum Gasteiger partial charge on any atom is -0.394 e. The van der Waals surface area contributed by atoms with Crippen LogP contribution in [0.2, 0.25) is 5.02 Å². The molecule has 1 atom stereocenters. The standard InChI is InChI=1S/C17H19ClN4O/c1-10(2)15(8-23)22-17-12-7-14(21-16(12)19-9-20-17)11-5-3-4-6-13(11)18/h3-7,9-10,15,23H,8H2,1-2H3,(H2,19,20,21,22)/t15-/m0/s1. The summed E-state index contributed by atoms with van der Waals surface area (Å²) in [6.07, 6.45) is 1.51. The van der Waals surface area contributed by atoms with Crippen LogP contribution in [0.1, 0.15) is 13.8 Å². The number of halogens is 1. The molecule has 3 rings (SSSR count). The first-order chi connectivity index (χ1) is 11.1. The number of nitrogens with zero attached hydrogens (tertiary/aromatic N) is 2. The van der Waals surface area contributed by atoms with E-state index in [9.17, 15) is 5.11 Å². The largest absolute Gasteiger partial charge is 0.394 e. The Morgan fingerprint density at radius 2 is 2.04 bits per heavy atom. The number of benzene rings is 1. The van der Waals surface area contributed by atoms with Gasteiger partial charge in [-0.3, -0.25) is 0 Å². The zero-order chi connectivity index (χ0) is 16.4. The van der Waals surface area contributed by atoms with Gasteiger partial charge in [-0.05, 0) is 18.1 Å². The van der Waals surface area contributed by atoms with Crippen molar-refractivity contribution < 1.29 is 5.11 Å². The Morgan fingerprint density at radius 1 is 1.26 bits per heavy atom. The molecule has 0 bridgehead atoms. The Bertz CT molecular complexity index is 815. The van der Waals surface area contributed by atoms with Gasteiger partial charge in [0.25, 0.3) is 0 Å². The number of rotatable bonds is 5. The number of aromatic nitrogens is 3. The second-order valence-electron chi connectivity index (χ2n) is 5.82. The van der Waals surface area contributed by atoms with E-state index in [2.05, 4.69) is 34.1 Å². The molecule has 0 aliphatic heterocycles. The molecule has 2 heterocycles. The summed E-state index contributed by atoms with van der Waals surface area (Å²) in [7, 11) is 0. The van der Waals surface area contributed by atoms with Gasteiger partial charge in [-0.2, -0.15) is 0 Å². The van der Waals surface area contributed by atoms with Crippen LogP contribution in [0, 0.1) is 5.92 Å². The fourth-order valence-electron chi connectivity index (χ4n) is 2.48. The van der Waals surface area contributed by atoms with Crippen molar-refractivity contribution >= 4 is 28.5 Å². The van der Waals surface area contributed by atoms with E-state index >= 15 is 0 Å². The highest BCUT2D eigenvalue weighted by molar-refractivity contribution is 6.33. The first-order valence-corrected chi connectivity index (χ1v) is 7.94. The summed E-state index contributed by atoms with van der Waals surface area (Å²) >= 11 is 6.27. The molecule has 0 fully saturated rings.